The highest BCUT2D eigenvalue weighted by atomic mass is 14.9. The van der Waals surface area contributed by atoms with Gasteiger partial charge in [0.25, 0.3) is 0 Å². The molecule has 0 saturated heterocycles. The van der Waals surface area contributed by atoms with E-state index in [0.717, 1.165) is 11.0 Å². The predicted molar refractivity (Wildman–Crippen MR) is 59.3 cm³/mol. The molecule has 0 fully saturated rings. The lowest BCUT2D eigenvalue weighted by Crippen LogP contribution is -1.82. The van der Waals surface area contributed by atoms with Gasteiger partial charge >= 0.3 is 0 Å². The molecular formula is C12H9N3. The minimum Gasteiger partial charge on any atom is -0.337 e. The number of rotatable bonds is 1. The summed E-state index contributed by atoms with van der Waals surface area (Å²) in [6, 6.07) is 13.1. The Labute approximate surface area is 88.2 Å². The number of nitrogens with zero attached hydrogens (tertiary/aromatic N) is 2. The predicted octanol–water partition coefficient (Wildman–Crippen LogP) is 2.62. The Hall–Kier alpha value is -2.16. The molecule has 2 aromatic heterocycles. The van der Waals surface area contributed by atoms with Crippen molar-refractivity contribution in [2.24, 2.45) is 0 Å². The van der Waals surface area contributed by atoms with Gasteiger partial charge in [-0.3, -0.25) is 4.98 Å². The minimum atomic E-state index is 0.248. The number of fused-ring (bicyclic) bond motifs is 1. The SMILES string of the molecule is [2H]c1cccc(-c2nc3ccccc3[nH]2)n1. The summed E-state index contributed by atoms with van der Waals surface area (Å²) in [4.78, 5) is 11.7. The fourth-order valence-corrected chi connectivity index (χ4v) is 1.53. The number of aromatic nitrogens is 3. The molecule has 0 aliphatic heterocycles. The molecule has 3 nitrogen and oxygen atoms in total. The van der Waals surface area contributed by atoms with Crippen LogP contribution in [0.25, 0.3) is 22.6 Å². The number of hydrogen-bond donors (Lipinski definition) is 1. The highest BCUT2D eigenvalue weighted by Crippen LogP contribution is 2.17. The van der Waals surface area contributed by atoms with Crippen LogP contribution in [0.15, 0.2) is 48.6 Å². The van der Waals surface area contributed by atoms with Gasteiger partial charge in [-0.15, -0.1) is 0 Å². The quantitative estimate of drug-likeness (QED) is 0.650. The van der Waals surface area contributed by atoms with E-state index < -0.39 is 0 Å². The first-order valence-corrected chi connectivity index (χ1v) is 4.72. The molecule has 15 heavy (non-hydrogen) atoms. The van der Waals surface area contributed by atoms with Crippen molar-refractivity contribution in [2.75, 3.05) is 0 Å². The summed E-state index contributed by atoms with van der Waals surface area (Å²) in [6.07, 6.45) is 0.248. The zero-order valence-corrected chi connectivity index (χ0v) is 7.94. The van der Waals surface area contributed by atoms with E-state index in [0.29, 0.717) is 11.5 Å². The Balaban J connectivity index is 2.19. The summed E-state index contributed by atoms with van der Waals surface area (Å²) in [5.74, 6) is 0.704. The first-order chi connectivity index (χ1) is 7.83. The largest absolute Gasteiger partial charge is 0.337 e. The second-order valence-electron chi connectivity index (χ2n) is 3.25. The van der Waals surface area contributed by atoms with Gasteiger partial charge in [-0.2, -0.15) is 0 Å². The molecule has 0 aliphatic carbocycles. The van der Waals surface area contributed by atoms with Crippen molar-refractivity contribution in [3.05, 3.63) is 48.6 Å². The Morgan fingerprint density at radius 3 is 2.80 bits per heavy atom. The van der Waals surface area contributed by atoms with Gasteiger partial charge in [0.15, 0.2) is 5.82 Å². The van der Waals surface area contributed by atoms with E-state index in [1.807, 2.05) is 30.3 Å². The number of benzene rings is 1. The summed E-state index contributed by atoms with van der Waals surface area (Å²) in [7, 11) is 0. The number of pyridine rings is 1. The van der Waals surface area contributed by atoms with Crippen LogP contribution < -0.4 is 0 Å². The van der Waals surface area contributed by atoms with Crippen LogP contribution in [0, 0.1) is 0 Å². The van der Waals surface area contributed by atoms with Crippen molar-refractivity contribution < 1.29 is 1.37 Å². The lowest BCUT2D eigenvalue weighted by Gasteiger charge is -1.92. The molecule has 2 heterocycles. The van der Waals surface area contributed by atoms with Crippen LogP contribution in [0.3, 0.4) is 0 Å². The lowest BCUT2D eigenvalue weighted by molar-refractivity contribution is 1.24. The van der Waals surface area contributed by atoms with E-state index in [1.165, 1.54) is 0 Å². The van der Waals surface area contributed by atoms with Gasteiger partial charge in [0.05, 0.1) is 12.4 Å². The topological polar surface area (TPSA) is 41.6 Å². The Morgan fingerprint density at radius 1 is 1.07 bits per heavy atom. The van der Waals surface area contributed by atoms with Gasteiger partial charge in [0.2, 0.25) is 0 Å². The van der Waals surface area contributed by atoms with Gasteiger partial charge in [-0.05, 0) is 24.3 Å². The second kappa shape index (κ2) is 3.20. The van der Waals surface area contributed by atoms with Crippen LogP contribution in [0.2, 0.25) is 0 Å². The van der Waals surface area contributed by atoms with Crippen LogP contribution in [0.5, 0.6) is 0 Å². The standard InChI is InChI=1S/C12H9N3/c1-2-6-10-9(5-1)14-12(15-10)11-7-3-4-8-13-11/h1-8H,(H,14,15)/i8D. The van der Waals surface area contributed by atoms with Crippen molar-refractivity contribution in [1.82, 2.24) is 15.0 Å². The third-order valence-electron chi connectivity index (χ3n) is 2.24. The minimum absolute atomic E-state index is 0.248. The Bertz CT molecular complexity index is 612. The molecule has 0 unspecified atom stereocenters. The van der Waals surface area contributed by atoms with Gasteiger partial charge in [-0.25, -0.2) is 4.98 Å². The number of nitrogens with one attached hydrogen (secondary N) is 1. The fraction of sp³-hybridized carbons (Fsp3) is 0. The maximum atomic E-state index is 7.47. The van der Waals surface area contributed by atoms with Crippen molar-refractivity contribution >= 4 is 11.0 Å². The normalized spacial score (nSPS) is 11.6. The summed E-state index contributed by atoms with van der Waals surface area (Å²) in [6.45, 7) is 0. The Morgan fingerprint density at radius 2 is 1.93 bits per heavy atom. The highest BCUT2D eigenvalue weighted by molar-refractivity contribution is 5.78. The summed E-state index contributed by atoms with van der Waals surface area (Å²) < 4.78 is 7.47. The van der Waals surface area contributed by atoms with E-state index in [1.54, 1.807) is 12.1 Å². The van der Waals surface area contributed by atoms with Crippen molar-refractivity contribution in [2.45, 2.75) is 0 Å². The third kappa shape index (κ3) is 1.38. The van der Waals surface area contributed by atoms with Gasteiger partial charge in [0.1, 0.15) is 5.69 Å². The molecule has 0 spiro atoms. The van der Waals surface area contributed by atoms with E-state index >= 15 is 0 Å². The molecule has 3 aromatic rings. The van der Waals surface area contributed by atoms with Crippen LogP contribution in [0.4, 0.5) is 0 Å². The number of hydrogen-bond acceptors (Lipinski definition) is 2. The molecule has 0 saturated carbocycles. The summed E-state index contributed by atoms with van der Waals surface area (Å²) in [5.41, 5.74) is 2.59. The van der Waals surface area contributed by atoms with Crippen LogP contribution in [-0.2, 0) is 0 Å². The molecule has 0 atom stereocenters. The number of imidazole rings is 1. The monoisotopic (exact) mass is 196 g/mol. The van der Waals surface area contributed by atoms with E-state index in [2.05, 4.69) is 15.0 Å². The van der Waals surface area contributed by atoms with E-state index in [-0.39, 0.29) is 6.17 Å². The third-order valence-corrected chi connectivity index (χ3v) is 2.24. The number of H-pyrrole nitrogens is 1. The van der Waals surface area contributed by atoms with Crippen molar-refractivity contribution in [3.63, 3.8) is 0 Å². The summed E-state index contributed by atoms with van der Waals surface area (Å²) in [5, 5.41) is 0. The van der Waals surface area contributed by atoms with E-state index in [9.17, 15) is 0 Å². The molecule has 0 radical (unpaired) electrons. The Kier molecular flexibility index (Phi) is 1.53. The molecule has 3 heteroatoms. The molecule has 1 aromatic carbocycles. The molecule has 0 amide bonds. The van der Waals surface area contributed by atoms with Crippen molar-refractivity contribution in [1.29, 1.82) is 0 Å². The van der Waals surface area contributed by atoms with Gasteiger partial charge in [-0.1, -0.05) is 18.2 Å². The van der Waals surface area contributed by atoms with Gasteiger partial charge < -0.3 is 4.98 Å². The fourth-order valence-electron chi connectivity index (χ4n) is 1.53. The highest BCUT2D eigenvalue weighted by Gasteiger charge is 2.04. The van der Waals surface area contributed by atoms with Gasteiger partial charge in [0, 0.05) is 6.17 Å². The average molecular weight is 196 g/mol. The molecule has 1 N–H and O–H groups in total. The van der Waals surface area contributed by atoms with Crippen LogP contribution in [0.1, 0.15) is 1.37 Å². The van der Waals surface area contributed by atoms with E-state index in [4.69, 9.17) is 1.37 Å². The first kappa shape index (κ1) is 7.17. The molecule has 0 bridgehead atoms. The maximum Gasteiger partial charge on any atom is 0.157 e. The first-order valence-electron chi connectivity index (χ1n) is 5.22. The molecule has 3 rings (SSSR count). The zero-order chi connectivity index (χ0) is 11.0. The zero-order valence-electron chi connectivity index (χ0n) is 8.94. The molecular weight excluding hydrogens is 186 g/mol. The van der Waals surface area contributed by atoms with Crippen LogP contribution in [-0.4, -0.2) is 15.0 Å². The van der Waals surface area contributed by atoms with Crippen molar-refractivity contribution in [3.8, 4) is 11.5 Å². The van der Waals surface area contributed by atoms with Crippen LogP contribution >= 0.6 is 0 Å². The molecule has 0 aliphatic rings. The maximum absolute atomic E-state index is 7.47. The smallest absolute Gasteiger partial charge is 0.157 e. The number of aromatic amines is 1. The second-order valence-corrected chi connectivity index (χ2v) is 3.25. The summed E-state index contributed by atoms with van der Waals surface area (Å²) >= 11 is 0. The number of para-hydroxylation sites is 2. The lowest BCUT2D eigenvalue weighted by atomic mass is 10.3. The molecule has 72 valence electrons. The average Bonchev–Trinajstić information content (AvgIpc) is 2.72.